The highest BCUT2D eigenvalue weighted by atomic mass is 79.9. The smallest absolute Gasteiger partial charge is 0.360 e. The van der Waals surface area contributed by atoms with Gasteiger partial charge in [-0.3, -0.25) is 0 Å². The highest BCUT2D eigenvalue weighted by molar-refractivity contribution is 9.10. The molecule has 1 aromatic carbocycles. The summed E-state index contributed by atoms with van der Waals surface area (Å²) in [4.78, 5) is 0. The zero-order valence-corrected chi connectivity index (χ0v) is 10.8. The van der Waals surface area contributed by atoms with Gasteiger partial charge in [0.25, 0.3) is 0 Å². The molecule has 2 unspecified atom stereocenters. The van der Waals surface area contributed by atoms with E-state index >= 15 is 0 Å². The summed E-state index contributed by atoms with van der Waals surface area (Å²) in [7, 11) is 0. The van der Waals surface area contributed by atoms with Gasteiger partial charge in [-0.05, 0) is 18.6 Å². The van der Waals surface area contributed by atoms with Crippen LogP contribution in [0.4, 0.5) is 13.2 Å². The molecule has 2 atom stereocenters. The Balaban J connectivity index is 2.83. The van der Waals surface area contributed by atoms with Gasteiger partial charge in [0.1, 0.15) is 0 Å². The zero-order chi connectivity index (χ0) is 13.1. The van der Waals surface area contributed by atoms with Gasteiger partial charge >= 0.3 is 6.18 Å². The van der Waals surface area contributed by atoms with Crippen LogP contribution < -0.4 is 5.73 Å². The number of hydrogen-bond acceptors (Lipinski definition) is 2. The van der Waals surface area contributed by atoms with Crippen molar-refractivity contribution in [1.29, 1.82) is 0 Å². The van der Waals surface area contributed by atoms with Gasteiger partial charge in [0, 0.05) is 11.0 Å². The Morgan fingerprint density at radius 2 is 1.94 bits per heavy atom. The molecule has 0 heterocycles. The van der Waals surface area contributed by atoms with Gasteiger partial charge < -0.3 is 10.5 Å². The normalized spacial score (nSPS) is 15.6. The first-order chi connectivity index (χ1) is 7.86. The van der Waals surface area contributed by atoms with Crippen LogP contribution >= 0.6 is 15.9 Å². The molecule has 1 aromatic rings. The van der Waals surface area contributed by atoms with Gasteiger partial charge in [-0.25, -0.2) is 0 Å². The molecule has 1 rings (SSSR count). The van der Waals surface area contributed by atoms with Crippen LogP contribution in [0.25, 0.3) is 0 Å². The summed E-state index contributed by atoms with van der Waals surface area (Å²) in [5.41, 5.74) is 6.07. The maximum absolute atomic E-state index is 12.4. The topological polar surface area (TPSA) is 35.2 Å². The van der Waals surface area contributed by atoms with E-state index in [4.69, 9.17) is 10.5 Å². The van der Waals surface area contributed by atoms with Crippen LogP contribution in [0, 0.1) is 0 Å². The average molecular weight is 312 g/mol. The second-order valence-corrected chi connectivity index (χ2v) is 4.42. The van der Waals surface area contributed by atoms with Crippen molar-refractivity contribution < 1.29 is 17.9 Å². The third-order valence-electron chi connectivity index (χ3n) is 2.30. The lowest BCUT2D eigenvalue weighted by atomic mass is 10.1. The van der Waals surface area contributed by atoms with Gasteiger partial charge in [0.15, 0.2) is 6.10 Å². The second-order valence-electron chi connectivity index (χ2n) is 3.57. The van der Waals surface area contributed by atoms with Crippen LogP contribution in [0.15, 0.2) is 28.7 Å². The van der Waals surface area contributed by atoms with Gasteiger partial charge in [0.2, 0.25) is 0 Å². The average Bonchev–Trinajstić information content (AvgIpc) is 2.25. The molecular formula is C11H13BrF3NO. The number of ether oxygens (including phenoxy) is 1. The van der Waals surface area contributed by atoms with E-state index in [9.17, 15) is 13.2 Å². The summed E-state index contributed by atoms with van der Waals surface area (Å²) in [5.74, 6) is 0. The third-order valence-corrected chi connectivity index (χ3v) is 3.02. The monoisotopic (exact) mass is 311 g/mol. The molecule has 0 spiro atoms. The Bertz CT molecular complexity index is 370. The van der Waals surface area contributed by atoms with Crippen LogP contribution in [0.3, 0.4) is 0 Å². The highest BCUT2D eigenvalue weighted by Gasteiger charge is 2.38. The molecule has 0 aliphatic carbocycles. The number of hydrogen-bond donors (Lipinski definition) is 1. The minimum atomic E-state index is -4.38. The molecule has 96 valence electrons. The fourth-order valence-corrected chi connectivity index (χ4v) is 1.86. The maximum Gasteiger partial charge on any atom is 0.414 e. The fourth-order valence-electron chi connectivity index (χ4n) is 1.32. The molecule has 0 aliphatic heterocycles. The molecule has 0 bridgehead atoms. The molecule has 0 saturated heterocycles. The summed E-state index contributed by atoms with van der Waals surface area (Å²) in [5, 5.41) is 0. The molecule has 0 saturated carbocycles. The van der Waals surface area contributed by atoms with E-state index in [1.54, 1.807) is 24.3 Å². The Hall–Kier alpha value is -0.590. The van der Waals surface area contributed by atoms with Crippen molar-refractivity contribution in [2.75, 3.05) is 6.54 Å². The largest absolute Gasteiger partial charge is 0.414 e. The minimum absolute atomic E-state index is 0.0109. The van der Waals surface area contributed by atoms with Crippen LogP contribution in [0.1, 0.15) is 18.6 Å². The minimum Gasteiger partial charge on any atom is -0.360 e. The first-order valence-electron chi connectivity index (χ1n) is 5.03. The molecule has 0 aromatic heterocycles. The molecule has 0 fully saturated rings. The molecule has 2 nitrogen and oxygen atoms in total. The lowest BCUT2D eigenvalue weighted by Crippen LogP contribution is -2.32. The van der Waals surface area contributed by atoms with Crippen molar-refractivity contribution in [3.05, 3.63) is 34.3 Å². The summed E-state index contributed by atoms with van der Waals surface area (Å²) in [6.07, 6.45) is -7.00. The highest BCUT2D eigenvalue weighted by Crippen LogP contribution is 2.30. The quantitative estimate of drug-likeness (QED) is 0.924. The van der Waals surface area contributed by atoms with E-state index in [0.717, 1.165) is 6.92 Å². The third kappa shape index (κ3) is 3.97. The summed E-state index contributed by atoms with van der Waals surface area (Å²) >= 11 is 3.26. The lowest BCUT2D eigenvalue weighted by Gasteiger charge is -2.24. The molecule has 0 radical (unpaired) electrons. The Morgan fingerprint density at radius 1 is 1.35 bits per heavy atom. The predicted octanol–water partition coefficient (Wildman–Crippen LogP) is 3.42. The summed E-state index contributed by atoms with van der Waals surface area (Å²) in [6, 6.07) is 6.92. The van der Waals surface area contributed by atoms with E-state index in [1.165, 1.54) is 0 Å². The first-order valence-corrected chi connectivity index (χ1v) is 5.82. The van der Waals surface area contributed by atoms with Crippen molar-refractivity contribution in [2.24, 2.45) is 5.73 Å². The number of alkyl halides is 3. The number of nitrogens with two attached hydrogens (primary N) is 1. The summed E-state index contributed by atoms with van der Waals surface area (Å²) < 4.78 is 42.8. The van der Waals surface area contributed by atoms with Crippen molar-refractivity contribution in [3.63, 3.8) is 0 Å². The Labute approximate surface area is 106 Å². The van der Waals surface area contributed by atoms with Gasteiger partial charge in [0.05, 0.1) is 6.10 Å². The Morgan fingerprint density at radius 3 is 2.41 bits per heavy atom. The van der Waals surface area contributed by atoms with Gasteiger partial charge in [-0.2, -0.15) is 13.2 Å². The van der Waals surface area contributed by atoms with E-state index in [1.807, 2.05) is 0 Å². The van der Waals surface area contributed by atoms with E-state index in [-0.39, 0.29) is 6.54 Å². The SMILES string of the molecule is CC(OC(CN)c1ccccc1Br)C(F)(F)F. The standard InChI is InChI=1S/C11H13BrF3NO/c1-7(11(13,14)15)17-10(6-16)8-4-2-3-5-9(8)12/h2-5,7,10H,6,16H2,1H3. The van der Waals surface area contributed by atoms with Gasteiger partial charge in [-0.1, -0.05) is 34.1 Å². The van der Waals surface area contributed by atoms with Crippen LogP contribution in [0.2, 0.25) is 0 Å². The molecule has 17 heavy (non-hydrogen) atoms. The fraction of sp³-hybridized carbons (Fsp3) is 0.455. The molecule has 2 N–H and O–H groups in total. The van der Waals surface area contributed by atoms with Crippen molar-refractivity contribution in [3.8, 4) is 0 Å². The van der Waals surface area contributed by atoms with Crippen molar-refractivity contribution in [1.82, 2.24) is 0 Å². The van der Waals surface area contributed by atoms with E-state index in [0.29, 0.717) is 10.0 Å². The lowest BCUT2D eigenvalue weighted by molar-refractivity contribution is -0.226. The van der Waals surface area contributed by atoms with Gasteiger partial charge in [-0.15, -0.1) is 0 Å². The van der Waals surface area contributed by atoms with Crippen LogP contribution in [-0.4, -0.2) is 18.8 Å². The Kier molecular flexibility index (Phi) is 4.97. The number of halogens is 4. The second kappa shape index (κ2) is 5.84. The van der Waals surface area contributed by atoms with Crippen molar-refractivity contribution >= 4 is 15.9 Å². The summed E-state index contributed by atoms with van der Waals surface area (Å²) in [6.45, 7) is 0.961. The molecular weight excluding hydrogens is 299 g/mol. The van der Waals surface area contributed by atoms with Crippen LogP contribution in [-0.2, 0) is 4.74 Å². The maximum atomic E-state index is 12.4. The first kappa shape index (κ1) is 14.5. The van der Waals surface area contributed by atoms with E-state index < -0.39 is 18.4 Å². The number of rotatable bonds is 4. The number of benzene rings is 1. The van der Waals surface area contributed by atoms with Crippen molar-refractivity contribution in [2.45, 2.75) is 25.3 Å². The molecule has 6 heteroatoms. The molecule has 0 aliphatic rings. The molecule has 0 amide bonds. The predicted molar refractivity (Wildman–Crippen MR) is 62.5 cm³/mol. The van der Waals surface area contributed by atoms with E-state index in [2.05, 4.69) is 15.9 Å². The van der Waals surface area contributed by atoms with Crippen LogP contribution in [0.5, 0.6) is 0 Å². The zero-order valence-electron chi connectivity index (χ0n) is 9.17.